The second kappa shape index (κ2) is 10.7. The highest BCUT2D eigenvalue weighted by atomic mass is 32.3. The van der Waals surface area contributed by atoms with Crippen LogP contribution >= 0.6 is 0 Å². The molecular weight excluding hydrogens is 566 g/mol. The van der Waals surface area contributed by atoms with Crippen LogP contribution in [0.15, 0.2) is 41.5 Å². The zero-order valence-electron chi connectivity index (χ0n) is 24.9. The van der Waals surface area contributed by atoms with Gasteiger partial charge in [0, 0.05) is 47.5 Å². The minimum Gasteiger partial charge on any atom is -0.477 e. The van der Waals surface area contributed by atoms with Crippen molar-refractivity contribution in [1.82, 2.24) is 14.8 Å². The third kappa shape index (κ3) is 5.42. The first-order valence-electron chi connectivity index (χ1n) is 15.1. The monoisotopic (exact) mass is 605 g/mol. The molecule has 228 valence electrons. The van der Waals surface area contributed by atoms with E-state index in [0.717, 1.165) is 61.5 Å². The number of carbonyl (C=O) groups is 1. The quantitative estimate of drug-likeness (QED) is 0.372. The molecule has 0 radical (unpaired) electrons. The summed E-state index contributed by atoms with van der Waals surface area (Å²) >= 11 is 0. The predicted molar refractivity (Wildman–Crippen MR) is 170 cm³/mol. The van der Waals surface area contributed by atoms with Gasteiger partial charge in [0.1, 0.15) is 0 Å². The first-order valence-corrected chi connectivity index (χ1v) is 17.2. The topological polar surface area (TPSA) is 123 Å². The molecule has 2 aromatic heterocycles. The summed E-state index contributed by atoms with van der Waals surface area (Å²) in [6, 6.07) is 9.48. The molecule has 4 aliphatic heterocycles. The third-order valence-corrected chi connectivity index (χ3v) is 11.6. The van der Waals surface area contributed by atoms with E-state index in [2.05, 4.69) is 36.9 Å². The number of aliphatic imine (C=N–C) groups is 1. The number of aromatic nitrogens is 3. The molecule has 1 atom stereocenters. The Morgan fingerprint density at radius 3 is 2.74 bits per heavy atom. The maximum Gasteiger partial charge on any atom is 0.280 e. The van der Waals surface area contributed by atoms with Crippen LogP contribution in [0, 0.1) is 18.3 Å². The summed E-state index contributed by atoms with van der Waals surface area (Å²) in [5, 5.41) is 7.76. The van der Waals surface area contributed by atoms with E-state index < -0.39 is 10.1 Å². The number of rotatable bonds is 2. The number of ether oxygens (including phenoxy) is 2. The van der Waals surface area contributed by atoms with Crippen LogP contribution in [0.1, 0.15) is 48.7 Å². The number of nitrogens with zero attached hydrogens (tertiary/aromatic N) is 5. The molecule has 6 heterocycles. The number of aryl methyl sites for hydroxylation is 2. The normalized spacial score (nSPS) is 24.4. The second-order valence-electron chi connectivity index (χ2n) is 12.6. The van der Waals surface area contributed by atoms with Crippen molar-refractivity contribution in [3.8, 4) is 17.1 Å². The predicted octanol–water partition coefficient (Wildman–Crippen LogP) is 4.18. The molecule has 4 aliphatic rings. The van der Waals surface area contributed by atoms with Crippen LogP contribution in [-0.2, 0) is 21.9 Å². The second-order valence-corrected chi connectivity index (χ2v) is 15.5. The Balaban J connectivity index is 1.20. The van der Waals surface area contributed by atoms with E-state index in [4.69, 9.17) is 9.47 Å². The average Bonchev–Trinajstić information content (AvgIpc) is 3.49. The van der Waals surface area contributed by atoms with Gasteiger partial charge < -0.3 is 24.4 Å². The number of nitrogens with one attached hydrogen (secondary N) is 2. The highest BCUT2D eigenvalue weighted by Crippen LogP contribution is 2.42. The van der Waals surface area contributed by atoms with Crippen LogP contribution < -0.4 is 19.7 Å². The van der Waals surface area contributed by atoms with Crippen molar-refractivity contribution in [1.29, 1.82) is 0 Å². The number of hydrogen-bond donors (Lipinski definition) is 3. The van der Waals surface area contributed by atoms with Crippen LogP contribution in [0.4, 0.5) is 17.1 Å². The Morgan fingerprint density at radius 2 is 1.98 bits per heavy atom. The molecule has 11 nitrogen and oxygen atoms in total. The summed E-state index contributed by atoms with van der Waals surface area (Å²) in [6.45, 7) is 6.85. The van der Waals surface area contributed by atoms with E-state index in [1.54, 1.807) is 23.0 Å². The number of thiol groups is 1. The van der Waals surface area contributed by atoms with Crippen LogP contribution in [0.2, 0.25) is 0 Å². The fourth-order valence-corrected chi connectivity index (χ4v) is 9.20. The van der Waals surface area contributed by atoms with Gasteiger partial charge in [0.25, 0.3) is 5.91 Å². The van der Waals surface area contributed by atoms with E-state index in [1.165, 1.54) is 0 Å². The van der Waals surface area contributed by atoms with E-state index >= 15 is 0 Å². The van der Waals surface area contributed by atoms with Crippen molar-refractivity contribution < 1.29 is 18.5 Å². The molecule has 1 aromatic carbocycles. The summed E-state index contributed by atoms with van der Waals surface area (Å²) in [7, 11) is -0.702. The van der Waals surface area contributed by atoms with Gasteiger partial charge in [0.15, 0.2) is 0 Å². The number of fused-ring (bicyclic) bond motifs is 7. The van der Waals surface area contributed by atoms with Crippen LogP contribution in [-0.4, -0.2) is 68.7 Å². The van der Waals surface area contributed by atoms with Crippen molar-refractivity contribution in [2.24, 2.45) is 23.4 Å². The molecule has 3 aromatic rings. The lowest BCUT2D eigenvalue weighted by Gasteiger charge is -2.47. The third-order valence-electron chi connectivity index (χ3n) is 9.09. The Bertz CT molecular complexity index is 1650. The number of carbonyl (C=O) groups excluding carboxylic acids is 1. The summed E-state index contributed by atoms with van der Waals surface area (Å²) in [5.74, 6) is 2.41. The van der Waals surface area contributed by atoms with Crippen LogP contribution in [0.25, 0.3) is 11.3 Å². The zero-order chi connectivity index (χ0) is 29.8. The Kier molecular flexibility index (Phi) is 7.00. The highest BCUT2D eigenvalue weighted by molar-refractivity contribution is 8.04. The van der Waals surface area contributed by atoms with Crippen molar-refractivity contribution >= 4 is 39.0 Å². The van der Waals surface area contributed by atoms with E-state index in [-0.39, 0.29) is 17.2 Å². The van der Waals surface area contributed by atoms with Gasteiger partial charge in [-0.2, -0.15) is 10.1 Å². The summed E-state index contributed by atoms with van der Waals surface area (Å²) < 4.78 is 30.5. The number of guanidine groups is 1. The van der Waals surface area contributed by atoms with Crippen LogP contribution in [0.3, 0.4) is 0 Å². The smallest absolute Gasteiger partial charge is 0.280 e. The van der Waals surface area contributed by atoms with Gasteiger partial charge in [-0.25, -0.2) is 4.68 Å². The Hall–Kier alpha value is -3.77. The van der Waals surface area contributed by atoms with Gasteiger partial charge in [-0.05, 0) is 79.0 Å². The fraction of sp³-hybridized carbons (Fsp3) is 0.484. The van der Waals surface area contributed by atoms with Gasteiger partial charge in [0.2, 0.25) is 11.8 Å². The highest BCUT2D eigenvalue weighted by Gasteiger charge is 2.43. The molecule has 2 bridgehead atoms. The average molecular weight is 606 g/mol. The molecule has 1 spiro atoms. The molecule has 1 amide bonds. The molecule has 2 saturated heterocycles. The number of hydrogen-bond acceptors (Lipinski definition) is 8. The SMILES string of the molecule is Cc1cc2cc(n1)-c1cnn(C)c1OCCC[C@@H](C)CN1/C(=N/C2=O)Nc2ccc(N[SH]3(=O)CCC4(CC3)COC4)cc21. The van der Waals surface area contributed by atoms with Crippen molar-refractivity contribution in [2.75, 3.05) is 52.8 Å². The lowest BCUT2D eigenvalue weighted by atomic mass is 9.80. The molecule has 7 rings (SSSR count). The number of pyridine rings is 1. The first kappa shape index (κ1) is 28.0. The molecule has 0 saturated carbocycles. The Labute approximate surface area is 252 Å². The largest absolute Gasteiger partial charge is 0.477 e. The first-order chi connectivity index (χ1) is 20.7. The Morgan fingerprint density at radius 1 is 1.16 bits per heavy atom. The molecule has 12 heteroatoms. The summed E-state index contributed by atoms with van der Waals surface area (Å²) in [5.41, 5.74) is 5.37. The summed E-state index contributed by atoms with van der Waals surface area (Å²) in [6.07, 6.45) is 5.38. The minimum absolute atomic E-state index is 0.237. The van der Waals surface area contributed by atoms with Crippen LogP contribution in [0.5, 0.6) is 5.88 Å². The minimum atomic E-state index is -2.54. The maximum absolute atomic E-state index is 13.8. The zero-order valence-corrected chi connectivity index (χ0v) is 25.8. The van der Waals surface area contributed by atoms with E-state index in [1.807, 2.05) is 32.2 Å². The standard InChI is InChI=1S/C31H39N7O4S/c1-20-5-4-10-42-29-24(16-32-37(29)3)26-14-22(13-21(2)33-26)28(39)35-30-34-25-7-6-23(15-27(25)38(30)17-20)36-43(40)11-8-31(9-12-43)18-41-19-31/h6-7,13-16,20,43H,4-5,8-12,17-19H2,1-3H3,(H,36,40)(H,34,35,39)/t20-/m1/s1. The van der Waals surface area contributed by atoms with Crippen molar-refractivity contribution in [2.45, 2.75) is 39.5 Å². The fourth-order valence-electron chi connectivity index (χ4n) is 6.47. The maximum atomic E-state index is 13.8. The molecule has 2 N–H and O–H groups in total. The molecule has 0 aliphatic carbocycles. The van der Waals surface area contributed by atoms with E-state index in [0.29, 0.717) is 53.4 Å². The van der Waals surface area contributed by atoms with Gasteiger partial charge in [-0.3, -0.25) is 14.0 Å². The molecule has 2 fully saturated rings. The van der Waals surface area contributed by atoms with Crippen molar-refractivity contribution in [3.63, 3.8) is 0 Å². The van der Waals surface area contributed by atoms with Gasteiger partial charge in [-0.15, -0.1) is 0 Å². The number of anilines is 3. The summed E-state index contributed by atoms with van der Waals surface area (Å²) in [4.78, 5) is 25.0. The lowest BCUT2D eigenvalue weighted by Crippen LogP contribution is -2.51. The molecular formula is C31H39N7O4S. The van der Waals surface area contributed by atoms with Gasteiger partial charge in [0.05, 0.1) is 48.6 Å². The van der Waals surface area contributed by atoms with E-state index in [9.17, 15) is 9.00 Å². The van der Waals surface area contributed by atoms with Crippen molar-refractivity contribution in [3.05, 3.63) is 47.8 Å². The molecule has 0 unspecified atom stereocenters. The lowest BCUT2D eigenvalue weighted by molar-refractivity contribution is -0.117. The molecule has 43 heavy (non-hydrogen) atoms. The van der Waals surface area contributed by atoms with Gasteiger partial charge >= 0.3 is 0 Å². The number of amides is 1. The van der Waals surface area contributed by atoms with Gasteiger partial charge in [-0.1, -0.05) is 6.92 Å². The number of benzene rings is 1.